The molecule has 28 heavy (non-hydrogen) atoms. The van der Waals surface area contributed by atoms with Crippen molar-refractivity contribution in [2.24, 2.45) is 0 Å². The van der Waals surface area contributed by atoms with Crippen LogP contribution in [0.15, 0.2) is 40.2 Å². The van der Waals surface area contributed by atoms with Gasteiger partial charge in [-0.2, -0.15) is 0 Å². The van der Waals surface area contributed by atoms with Gasteiger partial charge in [0.2, 0.25) is 0 Å². The number of thioether (sulfide) groups is 1. The average Bonchev–Trinajstić information content (AvgIpc) is 2.91. The minimum atomic E-state index is -0.346. The summed E-state index contributed by atoms with van der Waals surface area (Å²) in [6.07, 6.45) is 9.50. The molecule has 0 radical (unpaired) electrons. The van der Waals surface area contributed by atoms with E-state index in [1.807, 2.05) is 6.26 Å². The molecule has 4 rings (SSSR count). The van der Waals surface area contributed by atoms with Crippen LogP contribution in [0.4, 0.5) is 0 Å². The van der Waals surface area contributed by atoms with Crippen LogP contribution in [0.1, 0.15) is 45.8 Å². The van der Waals surface area contributed by atoms with Gasteiger partial charge in [0.25, 0.3) is 11.5 Å². The third kappa shape index (κ3) is 3.86. The maximum absolute atomic E-state index is 13.0. The molecule has 0 fully saturated rings. The van der Waals surface area contributed by atoms with Crippen LogP contribution in [0, 0.1) is 0 Å². The highest BCUT2D eigenvalue weighted by atomic mass is 32.2. The molecule has 7 heteroatoms. The Morgan fingerprint density at radius 3 is 2.79 bits per heavy atom. The van der Waals surface area contributed by atoms with Gasteiger partial charge in [0.15, 0.2) is 4.96 Å². The van der Waals surface area contributed by atoms with Crippen LogP contribution >= 0.6 is 23.1 Å². The van der Waals surface area contributed by atoms with Crippen molar-refractivity contribution in [1.82, 2.24) is 14.7 Å². The predicted molar refractivity (Wildman–Crippen MR) is 115 cm³/mol. The molecule has 0 bridgehead atoms. The summed E-state index contributed by atoms with van der Waals surface area (Å²) in [4.78, 5) is 33.1. The SMILES string of the molecule is CSc1ccc(CCNC(=O)c2cnc3sc4c(n3c2=O)CCCCC4)cc1. The Morgan fingerprint density at radius 1 is 1.21 bits per heavy atom. The monoisotopic (exact) mass is 413 g/mol. The Morgan fingerprint density at radius 2 is 2.00 bits per heavy atom. The van der Waals surface area contributed by atoms with E-state index < -0.39 is 0 Å². The number of nitrogens with zero attached hydrogens (tertiary/aromatic N) is 2. The third-order valence-electron chi connectivity index (χ3n) is 5.16. The number of benzene rings is 1. The fourth-order valence-electron chi connectivity index (χ4n) is 3.61. The molecule has 5 nitrogen and oxygen atoms in total. The van der Waals surface area contributed by atoms with Gasteiger partial charge in [-0.1, -0.05) is 18.6 Å². The molecule has 1 N–H and O–H groups in total. The van der Waals surface area contributed by atoms with Gasteiger partial charge < -0.3 is 5.32 Å². The van der Waals surface area contributed by atoms with Crippen molar-refractivity contribution >= 4 is 34.0 Å². The van der Waals surface area contributed by atoms with Gasteiger partial charge in [0, 0.05) is 28.2 Å². The fraction of sp³-hybridized carbons (Fsp3) is 0.381. The zero-order chi connectivity index (χ0) is 19.5. The molecular formula is C21H23N3O2S2. The van der Waals surface area contributed by atoms with Crippen molar-refractivity contribution in [3.8, 4) is 0 Å². The molecule has 0 saturated heterocycles. The van der Waals surface area contributed by atoms with Crippen molar-refractivity contribution in [1.29, 1.82) is 0 Å². The Hall–Kier alpha value is -2.12. The molecular weight excluding hydrogens is 390 g/mol. The summed E-state index contributed by atoms with van der Waals surface area (Å²) in [5.74, 6) is -0.346. The van der Waals surface area contributed by atoms with Crippen LogP contribution in [0.2, 0.25) is 0 Å². The highest BCUT2D eigenvalue weighted by Gasteiger charge is 2.20. The molecule has 1 aliphatic rings. The van der Waals surface area contributed by atoms with E-state index in [0.717, 1.165) is 43.4 Å². The number of thiazole rings is 1. The molecule has 1 amide bonds. The van der Waals surface area contributed by atoms with Gasteiger partial charge in [-0.3, -0.25) is 14.0 Å². The van der Waals surface area contributed by atoms with Gasteiger partial charge >= 0.3 is 0 Å². The first kappa shape index (κ1) is 19.2. The molecule has 0 saturated carbocycles. The van der Waals surface area contributed by atoms with Crippen LogP contribution in [-0.2, 0) is 19.3 Å². The predicted octanol–water partition coefficient (Wildman–Crippen LogP) is 3.72. The van der Waals surface area contributed by atoms with Crippen LogP contribution in [-0.4, -0.2) is 28.1 Å². The fourth-order valence-corrected chi connectivity index (χ4v) is 5.18. The largest absolute Gasteiger partial charge is 0.351 e. The summed E-state index contributed by atoms with van der Waals surface area (Å²) >= 11 is 3.29. The smallest absolute Gasteiger partial charge is 0.271 e. The first-order valence-electron chi connectivity index (χ1n) is 9.61. The summed E-state index contributed by atoms with van der Waals surface area (Å²) in [5.41, 5.74) is 2.09. The van der Waals surface area contributed by atoms with E-state index in [0.29, 0.717) is 11.5 Å². The minimum absolute atomic E-state index is 0.125. The van der Waals surface area contributed by atoms with Gasteiger partial charge in [-0.15, -0.1) is 23.1 Å². The molecule has 0 spiro atoms. The van der Waals surface area contributed by atoms with Crippen molar-refractivity contribution in [2.45, 2.75) is 43.4 Å². The summed E-state index contributed by atoms with van der Waals surface area (Å²) in [7, 11) is 0. The number of hydrogen-bond acceptors (Lipinski definition) is 5. The van der Waals surface area contributed by atoms with Crippen molar-refractivity contribution in [3.05, 3.63) is 62.5 Å². The molecule has 2 heterocycles. The lowest BCUT2D eigenvalue weighted by Crippen LogP contribution is -2.33. The number of carbonyl (C=O) groups is 1. The lowest BCUT2D eigenvalue weighted by molar-refractivity contribution is 0.0952. The van der Waals surface area contributed by atoms with Crippen molar-refractivity contribution < 1.29 is 4.79 Å². The quantitative estimate of drug-likeness (QED) is 0.511. The first-order valence-corrected chi connectivity index (χ1v) is 11.6. The van der Waals surface area contributed by atoms with E-state index in [1.54, 1.807) is 27.5 Å². The molecule has 1 aliphatic carbocycles. The summed E-state index contributed by atoms with van der Waals surface area (Å²) in [6, 6.07) is 8.30. The Labute approximate surface area is 172 Å². The summed E-state index contributed by atoms with van der Waals surface area (Å²) in [5, 5.41) is 2.87. The number of nitrogens with one attached hydrogen (secondary N) is 1. The number of fused-ring (bicyclic) bond motifs is 3. The molecule has 0 atom stereocenters. The number of aryl methyl sites for hydroxylation is 2. The van der Waals surface area contributed by atoms with E-state index >= 15 is 0 Å². The topological polar surface area (TPSA) is 63.5 Å². The number of rotatable bonds is 5. The van der Waals surface area contributed by atoms with Crippen LogP contribution in [0.3, 0.4) is 0 Å². The van der Waals surface area contributed by atoms with Gasteiger partial charge in [-0.05, 0) is 56.1 Å². The van der Waals surface area contributed by atoms with Crippen molar-refractivity contribution in [3.63, 3.8) is 0 Å². The van der Waals surface area contributed by atoms with Crippen LogP contribution in [0.5, 0.6) is 0 Å². The standard InChI is InChI=1S/C21H23N3O2S2/c1-27-15-9-7-14(8-10-15)11-12-22-19(25)16-13-23-21-24(20(16)26)17-5-3-2-4-6-18(17)28-21/h7-10,13H,2-6,11-12H2,1H3,(H,22,25). The van der Waals surface area contributed by atoms with Crippen LogP contribution in [0.25, 0.3) is 4.96 Å². The van der Waals surface area contributed by atoms with E-state index in [4.69, 9.17) is 0 Å². The minimum Gasteiger partial charge on any atom is -0.351 e. The van der Waals surface area contributed by atoms with E-state index in [2.05, 4.69) is 34.6 Å². The summed E-state index contributed by atoms with van der Waals surface area (Å²) in [6.45, 7) is 0.487. The Balaban J connectivity index is 1.50. The number of carbonyl (C=O) groups excluding carboxylic acids is 1. The van der Waals surface area contributed by atoms with Gasteiger partial charge in [0.05, 0.1) is 0 Å². The first-order chi connectivity index (χ1) is 13.7. The van der Waals surface area contributed by atoms with E-state index in [1.165, 1.54) is 22.4 Å². The van der Waals surface area contributed by atoms with Crippen molar-refractivity contribution in [2.75, 3.05) is 12.8 Å². The number of amides is 1. The zero-order valence-corrected chi connectivity index (χ0v) is 17.5. The maximum atomic E-state index is 13.0. The molecule has 0 aliphatic heterocycles. The molecule has 3 aromatic rings. The molecule has 146 valence electrons. The molecule has 2 aromatic heterocycles. The summed E-state index contributed by atoms with van der Waals surface area (Å²) < 4.78 is 1.67. The zero-order valence-electron chi connectivity index (χ0n) is 15.9. The second-order valence-corrected chi connectivity index (χ2v) is 8.92. The van der Waals surface area contributed by atoms with Gasteiger partial charge in [0.1, 0.15) is 5.56 Å². The lowest BCUT2D eigenvalue weighted by Gasteiger charge is -2.07. The van der Waals surface area contributed by atoms with E-state index in [-0.39, 0.29) is 17.0 Å². The Bertz CT molecular complexity index is 1050. The highest BCUT2D eigenvalue weighted by Crippen LogP contribution is 2.27. The lowest BCUT2D eigenvalue weighted by atomic mass is 10.1. The third-order valence-corrected chi connectivity index (χ3v) is 7.06. The van der Waals surface area contributed by atoms with E-state index in [9.17, 15) is 9.59 Å². The highest BCUT2D eigenvalue weighted by molar-refractivity contribution is 7.98. The second-order valence-electron chi connectivity index (χ2n) is 6.98. The number of aromatic nitrogens is 2. The molecule has 0 unspecified atom stereocenters. The van der Waals surface area contributed by atoms with Gasteiger partial charge in [-0.25, -0.2) is 4.98 Å². The molecule has 1 aromatic carbocycles. The second kappa shape index (κ2) is 8.49. The Kier molecular flexibility index (Phi) is 5.82. The average molecular weight is 414 g/mol. The normalized spacial score (nSPS) is 13.9. The van der Waals surface area contributed by atoms with Crippen LogP contribution < -0.4 is 10.9 Å². The number of hydrogen-bond donors (Lipinski definition) is 1. The maximum Gasteiger partial charge on any atom is 0.271 e.